The molecule has 3 fully saturated rings. The van der Waals surface area contributed by atoms with E-state index in [1.165, 1.54) is 49.2 Å². The molecule has 5 heterocycles. The van der Waals surface area contributed by atoms with Crippen molar-refractivity contribution < 1.29 is 4.79 Å². The van der Waals surface area contributed by atoms with Crippen LogP contribution >= 0.6 is 0 Å². The Balaban J connectivity index is 1.19. The van der Waals surface area contributed by atoms with E-state index >= 15 is 0 Å². The molecule has 7 heteroatoms. The highest BCUT2D eigenvalue weighted by molar-refractivity contribution is 5.82. The van der Waals surface area contributed by atoms with E-state index in [0.717, 1.165) is 69.6 Å². The summed E-state index contributed by atoms with van der Waals surface area (Å²) in [5, 5.41) is 8.05. The van der Waals surface area contributed by atoms with Gasteiger partial charge < -0.3 is 15.1 Å². The van der Waals surface area contributed by atoms with Gasteiger partial charge >= 0.3 is 0 Å². The zero-order chi connectivity index (χ0) is 20.1. The Morgan fingerprint density at radius 3 is 2.77 bits per heavy atom. The normalized spacial score (nSPS) is 27.3. The van der Waals surface area contributed by atoms with E-state index in [9.17, 15) is 4.79 Å². The fourth-order valence-electron chi connectivity index (χ4n) is 6.21. The van der Waals surface area contributed by atoms with Crippen LogP contribution in [0.5, 0.6) is 0 Å². The Labute approximate surface area is 177 Å². The van der Waals surface area contributed by atoms with E-state index in [-0.39, 0.29) is 5.92 Å². The maximum atomic E-state index is 13.2. The van der Waals surface area contributed by atoms with Gasteiger partial charge in [-0.25, -0.2) is 4.98 Å². The number of anilines is 1. The third-order valence-corrected chi connectivity index (χ3v) is 7.91. The number of hydrogen-bond donors (Lipinski definition) is 1. The molecule has 0 radical (unpaired) electrons. The van der Waals surface area contributed by atoms with E-state index in [4.69, 9.17) is 4.98 Å². The van der Waals surface area contributed by atoms with Gasteiger partial charge in [-0.1, -0.05) is 19.3 Å². The van der Waals surface area contributed by atoms with E-state index in [1.807, 2.05) is 16.8 Å². The monoisotopic (exact) mass is 408 g/mol. The average molecular weight is 409 g/mol. The summed E-state index contributed by atoms with van der Waals surface area (Å²) in [6.45, 7) is 5.53. The highest BCUT2D eigenvalue weighted by Crippen LogP contribution is 2.37. The highest BCUT2D eigenvalue weighted by atomic mass is 16.2. The number of rotatable bonds is 2. The minimum atomic E-state index is 0.128. The second kappa shape index (κ2) is 7.52. The molecule has 1 aliphatic carbocycles. The van der Waals surface area contributed by atoms with Crippen molar-refractivity contribution in [3.63, 3.8) is 0 Å². The average Bonchev–Trinajstić information content (AvgIpc) is 3.08. The van der Waals surface area contributed by atoms with Gasteiger partial charge in [-0.15, -0.1) is 0 Å². The number of fused-ring (bicyclic) bond motifs is 3. The van der Waals surface area contributed by atoms with Crippen LogP contribution in [0, 0.1) is 17.8 Å². The van der Waals surface area contributed by atoms with E-state index in [2.05, 4.69) is 20.2 Å². The SMILES string of the molecule is O=C(C1CN(c2c3c(nc4ccnn24)CCNCC3)C1)N1CCC2CCCC[C@@H]2C1. The third-order valence-electron chi connectivity index (χ3n) is 7.91. The number of piperidine rings is 1. The van der Waals surface area contributed by atoms with Gasteiger partial charge in [0.2, 0.25) is 5.91 Å². The largest absolute Gasteiger partial charge is 0.354 e. The number of nitrogens with zero attached hydrogens (tertiary/aromatic N) is 5. The van der Waals surface area contributed by atoms with Crippen LogP contribution in [0.2, 0.25) is 0 Å². The van der Waals surface area contributed by atoms with E-state index in [1.54, 1.807) is 0 Å². The molecule has 1 amide bonds. The van der Waals surface area contributed by atoms with Crippen LogP contribution < -0.4 is 10.2 Å². The van der Waals surface area contributed by atoms with Crippen LogP contribution in [0.4, 0.5) is 5.82 Å². The lowest BCUT2D eigenvalue weighted by Crippen LogP contribution is -2.57. The molecule has 1 saturated carbocycles. The molecule has 2 saturated heterocycles. The van der Waals surface area contributed by atoms with Crippen molar-refractivity contribution in [3.8, 4) is 0 Å². The zero-order valence-electron chi connectivity index (χ0n) is 17.7. The fraction of sp³-hybridized carbons (Fsp3) is 0.696. The molecule has 30 heavy (non-hydrogen) atoms. The first-order chi connectivity index (χ1) is 14.8. The van der Waals surface area contributed by atoms with Gasteiger partial charge in [0, 0.05) is 50.8 Å². The lowest BCUT2D eigenvalue weighted by Gasteiger charge is -2.46. The number of carbonyl (C=O) groups is 1. The first kappa shape index (κ1) is 18.6. The molecule has 0 bridgehead atoms. The van der Waals surface area contributed by atoms with Crippen LogP contribution in [0.1, 0.15) is 43.4 Å². The van der Waals surface area contributed by atoms with Crippen molar-refractivity contribution in [1.82, 2.24) is 24.8 Å². The predicted molar refractivity (Wildman–Crippen MR) is 116 cm³/mol. The van der Waals surface area contributed by atoms with Crippen molar-refractivity contribution >= 4 is 17.4 Å². The van der Waals surface area contributed by atoms with Crippen molar-refractivity contribution in [1.29, 1.82) is 0 Å². The van der Waals surface area contributed by atoms with Crippen molar-refractivity contribution in [2.75, 3.05) is 44.2 Å². The Hall–Kier alpha value is -2.15. The van der Waals surface area contributed by atoms with Crippen LogP contribution in [-0.4, -0.2) is 64.7 Å². The van der Waals surface area contributed by atoms with Crippen LogP contribution in [0.15, 0.2) is 12.3 Å². The lowest BCUT2D eigenvalue weighted by atomic mass is 9.75. The molecule has 6 rings (SSSR count). The molecule has 1 unspecified atom stereocenters. The maximum Gasteiger partial charge on any atom is 0.229 e. The molecule has 2 aromatic heterocycles. The van der Waals surface area contributed by atoms with Crippen molar-refractivity contribution in [2.24, 2.45) is 17.8 Å². The third kappa shape index (κ3) is 3.09. The second-order valence-electron chi connectivity index (χ2n) is 9.69. The van der Waals surface area contributed by atoms with Gasteiger partial charge in [0.15, 0.2) is 5.65 Å². The van der Waals surface area contributed by atoms with E-state index in [0.29, 0.717) is 5.91 Å². The summed E-state index contributed by atoms with van der Waals surface area (Å²) in [6, 6.07) is 1.98. The summed E-state index contributed by atoms with van der Waals surface area (Å²) in [6.07, 6.45) is 10.4. The molecule has 2 atom stereocenters. The van der Waals surface area contributed by atoms with Crippen LogP contribution in [0.3, 0.4) is 0 Å². The van der Waals surface area contributed by atoms with Crippen molar-refractivity contribution in [3.05, 3.63) is 23.5 Å². The molecular formula is C23H32N6O. The second-order valence-corrected chi connectivity index (χ2v) is 9.69. The van der Waals surface area contributed by atoms with Gasteiger partial charge in [0.05, 0.1) is 17.8 Å². The topological polar surface area (TPSA) is 65.8 Å². The van der Waals surface area contributed by atoms with Gasteiger partial charge in [0.25, 0.3) is 0 Å². The molecule has 1 N–H and O–H groups in total. The van der Waals surface area contributed by atoms with Crippen LogP contribution in [-0.2, 0) is 17.6 Å². The number of aromatic nitrogens is 3. The first-order valence-electron chi connectivity index (χ1n) is 11.9. The number of nitrogens with one attached hydrogen (secondary N) is 1. The van der Waals surface area contributed by atoms with Crippen molar-refractivity contribution in [2.45, 2.75) is 44.9 Å². The lowest BCUT2D eigenvalue weighted by molar-refractivity contribution is -0.139. The Morgan fingerprint density at radius 1 is 1.03 bits per heavy atom. The molecule has 7 nitrogen and oxygen atoms in total. The molecular weight excluding hydrogens is 376 g/mol. The summed E-state index contributed by atoms with van der Waals surface area (Å²) in [5.74, 6) is 3.30. The minimum absolute atomic E-state index is 0.128. The molecule has 0 spiro atoms. The number of amides is 1. The smallest absolute Gasteiger partial charge is 0.229 e. The van der Waals surface area contributed by atoms with Gasteiger partial charge in [-0.3, -0.25) is 4.79 Å². The highest BCUT2D eigenvalue weighted by Gasteiger charge is 2.41. The maximum absolute atomic E-state index is 13.2. The molecule has 160 valence electrons. The number of hydrogen-bond acceptors (Lipinski definition) is 5. The summed E-state index contributed by atoms with van der Waals surface area (Å²) >= 11 is 0. The quantitative estimate of drug-likeness (QED) is 0.822. The Morgan fingerprint density at radius 2 is 1.87 bits per heavy atom. The Kier molecular flexibility index (Phi) is 4.66. The molecule has 0 aromatic carbocycles. The van der Waals surface area contributed by atoms with Gasteiger partial charge in [0.1, 0.15) is 5.82 Å². The Bertz CT molecular complexity index is 949. The molecule has 4 aliphatic rings. The van der Waals surface area contributed by atoms with Crippen LogP contribution in [0.25, 0.3) is 5.65 Å². The summed E-state index contributed by atoms with van der Waals surface area (Å²) in [5.41, 5.74) is 3.42. The number of carbonyl (C=O) groups excluding carboxylic acids is 1. The standard InChI is InChI=1S/C23H32N6O/c30-23(27-12-8-16-3-1-2-4-17(16)13-27)18-14-28(15-18)22-19-5-9-24-10-6-20(19)26-21-7-11-25-29(21)22/h7,11,16-18,24H,1-6,8-10,12-15H2/t16?,17-/m1/s1. The zero-order valence-corrected chi connectivity index (χ0v) is 17.7. The number of likely N-dealkylation sites (tertiary alicyclic amines) is 1. The van der Waals surface area contributed by atoms with E-state index < -0.39 is 0 Å². The van der Waals surface area contributed by atoms with Gasteiger partial charge in [-0.05, 0) is 37.6 Å². The summed E-state index contributed by atoms with van der Waals surface area (Å²) in [7, 11) is 0. The summed E-state index contributed by atoms with van der Waals surface area (Å²) in [4.78, 5) is 22.7. The molecule has 3 aliphatic heterocycles. The van der Waals surface area contributed by atoms with Gasteiger partial charge in [-0.2, -0.15) is 9.61 Å². The fourth-order valence-corrected chi connectivity index (χ4v) is 6.21. The predicted octanol–water partition coefficient (Wildman–Crippen LogP) is 1.89. The minimum Gasteiger partial charge on any atom is -0.354 e. The molecule has 2 aromatic rings. The first-order valence-corrected chi connectivity index (χ1v) is 11.9. The summed E-state index contributed by atoms with van der Waals surface area (Å²) < 4.78 is 1.98.